The average molecular weight is 539 g/mol. The van der Waals surface area contributed by atoms with Crippen molar-refractivity contribution < 1.29 is 22.7 Å². The van der Waals surface area contributed by atoms with Crippen molar-refractivity contribution in [3.63, 3.8) is 0 Å². The van der Waals surface area contributed by atoms with Crippen molar-refractivity contribution >= 4 is 38.4 Å². The second-order valence-corrected chi connectivity index (χ2v) is 11.9. The first kappa shape index (κ1) is 27.6. The summed E-state index contributed by atoms with van der Waals surface area (Å²) < 4.78 is 34.3. The lowest BCUT2D eigenvalue weighted by atomic mass is 10.0. The van der Waals surface area contributed by atoms with Crippen molar-refractivity contribution in [3.05, 3.63) is 72.3 Å². The van der Waals surface area contributed by atoms with Gasteiger partial charge in [0.25, 0.3) is 0 Å². The number of amides is 3. The molecule has 1 aliphatic heterocycles. The van der Waals surface area contributed by atoms with Crippen LogP contribution in [-0.2, 0) is 26.0 Å². The number of anilines is 1. The Morgan fingerprint density at radius 2 is 1.58 bits per heavy atom. The maximum atomic E-state index is 13.5. The van der Waals surface area contributed by atoms with E-state index in [9.17, 15) is 18.0 Å². The third-order valence-corrected chi connectivity index (χ3v) is 7.88. The smallest absolute Gasteiger partial charge is 0.318 e. The van der Waals surface area contributed by atoms with Crippen LogP contribution in [0, 0.1) is 0 Å². The Balaban J connectivity index is 1.62. The summed E-state index contributed by atoms with van der Waals surface area (Å²) in [6, 6.07) is 18.4. The fraction of sp³-hybridized carbons (Fsp3) is 0.357. The molecular weight excluding hydrogens is 504 g/mol. The van der Waals surface area contributed by atoms with Gasteiger partial charge in [-0.2, -0.15) is 0 Å². The third kappa shape index (κ3) is 6.89. The molecule has 0 bridgehead atoms. The molecule has 9 nitrogen and oxygen atoms in total. The molecule has 3 aromatic carbocycles. The SMILES string of the molecule is CC(C)(C)NS(=O)(=O)c1cccc2c(NC(=O)[C@H](Cc3ccccc3)NC(=O)N3CCOCC3)cccc12. The van der Waals surface area contributed by atoms with Crippen LogP contribution < -0.4 is 15.4 Å². The molecule has 3 N–H and O–H groups in total. The number of benzene rings is 3. The average Bonchev–Trinajstić information content (AvgIpc) is 2.88. The van der Waals surface area contributed by atoms with E-state index in [2.05, 4.69) is 15.4 Å². The van der Waals surface area contributed by atoms with E-state index >= 15 is 0 Å². The van der Waals surface area contributed by atoms with Gasteiger partial charge in [0, 0.05) is 41.5 Å². The number of fused-ring (bicyclic) bond motifs is 1. The summed E-state index contributed by atoms with van der Waals surface area (Å²) in [5, 5.41) is 6.87. The zero-order valence-corrected chi connectivity index (χ0v) is 22.7. The lowest BCUT2D eigenvalue weighted by molar-refractivity contribution is -0.118. The second kappa shape index (κ2) is 11.5. The number of sulfonamides is 1. The van der Waals surface area contributed by atoms with Crippen LogP contribution in [0.2, 0.25) is 0 Å². The molecule has 0 radical (unpaired) electrons. The first-order valence-corrected chi connectivity index (χ1v) is 14.1. The van der Waals surface area contributed by atoms with Crippen LogP contribution in [0.5, 0.6) is 0 Å². The molecule has 1 fully saturated rings. The maximum absolute atomic E-state index is 13.5. The Morgan fingerprint density at radius 1 is 0.921 bits per heavy atom. The molecule has 202 valence electrons. The highest BCUT2D eigenvalue weighted by Crippen LogP contribution is 2.29. The largest absolute Gasteiger partial charge is 0.378 e. The molecular formula is C28H34N4O5S. The van der Waals surface area contributed by atoms with Gasteiger partial charge in [0.05, 0.1) is 18.1 Å². The summed E-state index contributed by atoms with van der Waals surface area (Å²) in [7, 11) is -3.81. The minimum absolute atomic E-state index is 0.127. The molecule has 0 aliphatic carbocycles. The van der Waals surface area contributed by atoms with Crippen LogP contribution in [-0.4, -0.2) is 63.1 Å². The summed E-state index contributed by atoms with van der Waals surface area (Å²) in [4.78, 5) is 28.2. The van der Waals surface area contributed by atoms with Gasteiger partial charge in [-0.3, -0.25) is 4.79 Å². The van der Waals surface area contributed by atoms with Crippen molar-refractivity contribution in [1.29, 1.82) is 0 Å². The first-order chi connectivity index (χ1) is 18.0. The highest BCUT2D eigenvalue weighted by Gasteiger charge is 2.27. The van der Waals surface area contributed by atoms with Gasteiger partial charge in [0.1, 0.15) is 6.04 Å². The molecule has 3 amide bonds. The van der Waals surface area contributed by atoms with E-state index in [1.165, 1.54) is 0 Å². The van der Waals surface area contributed by atoms with Crippen LogP contribution in [0.3, 0.4) is 0 Å². The number of hydrogen-bond donors (Lipinski definition) is 3. The Labute approximate surface area is 223 Å². The second-order valence-electron chi connectivity index (χ2n) is 10.3. The summed E-state index contributed by atoms with van der Waals surface area (Å²) >= 11 is 0. The van der Waals surface area contributed by atoms with Crippen molar-refractivity contribution in [3.8, 4) is 0 Å². The predicted molar refractivity (Wildman–Crippen MR) is 148 cm³/mol. The van der Waals surface area contributed by atoms with Gasteiger partial charge in [0.15, 0.2) is 0 Å². The highest BCUT2D eigenvalue weighted by atomic mass is 32.2. The van der Waals surface area contributed by atoms with Gasteiger partial charge in [-0.15, -0.1) is 0 Å². The number of urea groups is 1. The maximum Gasteiger partial charge on any atom is 0.318 e. The number of rotatable bonds is 7. The lowest BCUT2D eigenvalue weighted by Gasteiger charge is -2.29. The van der Waals surface area contributed by atoms with E-state index in [-0.39, 0.29) is 10.9 Å². The fourth-order valence-electron chi connectivity index (χ4n) is 4.37. The number of nitrogens with zero attached hydrogens (tertiary/aromatic N) is 1. The van der Waals surface area contributed by atoms with Gasteiger partial charge in [-0.05, 0) is 38.5 Å². The molecule has 1 atom stereocenters. The predicted octanol–water partition coefficient (Wildman–Crippen LogP) is 3.51. The summed E-state index contributed by atoms with van der Waals surface area (Å²) in [5.41, 5.74) is 0.698. The Morgan fingerprint density at radius 3 is 2.26 bits per heavy atom. The number of nitrogens with one attached hydrogen (secondary N) is 3. The van der Waals surface area contributed by atoms with E-state index in [4.69, 9.17) is 4.74 Å². The Hall–Kier alpha value is -3.47. The number of ether oxygens (including phenoxy) is 1. The van der Waals surface area contributed by atoms with Crippen molar-refractivity contribution in [2.24, 2.45) is 0 Å². The highest BCUT2D eigenvalue weighted by molar-refractivity contribution is 7.89. The molecule has 4 rings (SSSR count). The van der Waals surface area contributed by atoms with Crippen LogP contribution in [0.4, 0.5) is 10.5 Å². The summed E-state index contributed by atoms with van der Waals surface area (Å²) in [5.74, 6) is -0.399. The number of carbonyl (C=O) groups is 2. The molecule has 1 aliphatic rings. The zero-order chi connectivity index (χ0) is 27.3. The van der Waals surface area contributed by atoms with Crippen LogP contribution >= 0.6 is 0 Å². The molecule has 0 aromatic heterocycles. The third-order valence-electron chi connectivity index (χ3n) is 6.07. The van der Waals surface area contributed by atoms with Gasteiger partial charge in [0.2, 0.25) is 15.9 Å². The first-order valence-electron chi connectivity index (χ1n) is 12.6. The van der Waals surface area contributed by atoms with Gasteiger partial charge in [-0.25, -0.2) is 17.9 Å². The van der Waals surface area contributed by atoms with Crippen molar-refractivity contribution in [1.82, 2.24) is 14.9 Å². The summed E-state index contributed by atoms with van der Waals surface area (Å²) in [6.07, 6.45) is 0.294. The van der Waals surface area contributed by atoms with Crippen molar-refractivity contribution in [2.75, 3.05) is 31.6 Å². The minimum Gasteiger partial charge on any atom is -0.378 e. The zero-order valence-electron chi connectivity index (χ0n) is 21.9. The molecule has 1 saturated heterocycles. The quantitative estimate of drug-likeness (QED) is 0.426. The van der Waals surface area contributed by atoms with Gasteiger partial charge >= 0.3 is 6.03 Å². The lowest BCUT2D eigenvalue weighted by Crippen LogP contribution is -2.53. The molecule has 3 aromatic rings. The van der Waals surface area contributed by atoms with Crippen LogP contribution in [0.15, 0.2) is 71.6 Å². The summed E-state index contributed by atoms with van der Waals surface area (Å²) in [6.45, 7) is 7.14. The van der Waals surface area contributed by atoms with E-state index < -0.39 is 27.5 Å². The molecule has 0 unspecified atom stereocenters. The van der Waals surface area contributed by atoms with Crippen LogP contribution in [0.1, 0.15) is 26.3 Å². The van der Waals surface area contributed by atoms with E-state index in [0.717, 1.165) is 5.56 Å². The fourth-order valence-corrected chi connectivity index (χ4v) is 6.01. The van der Waals surface area contributed by atoms with E-state index in [0.29, 0.717) is 49.2 Å². The Bertz CT molecular complexity index is 1400. The molecule has 0 saturated carbocycles. The normalized spacial score (nSPS) is 15.2. The minimum atomic E-state index is -3.81. The number of morpholine rings is 1. The topological polar surface area (TPSA) is 117 Å². The van der Waals surface area contributed by atoms with Crippen molar-refractivity contribution in [2.45, 2.75) is 43.7 Å². The molecule has 10 heteroatoms. The monoisotopic (exact) mass is 538 g/mol. The molecule has 38 heavy (non-hydrogen) atoms. The van der Waals surface area contributed by atoms with E-state index in [1.807, 2.05) is 30.3 Å². The van der Waals surface area contributed by atoms with Crippen LogP contribution in [0.25, 0.3) is 10.8 Å². The standard InChI is InChI=1S/C28H34N4O5S/c1-28(2,3)31-38(35,36)25-14-8-11-21-22(25)12-7-13-23(21)29-26(33)24(19-20-9-5-4-6-10-20)30-27(34)32-15-17-37-18-16-32/h4-14,24,31H,15-19H2,1-3H3,(H,29,33)(H,30,34)/t24-/m0/s1. The molecule has 1 heterocycles. The Kier molecular flexibility index (Phi) is 8.35. The van der Waals surface area contributed by atoms with Gasteiger partial charge < -0.3 is 20.3 Å². The van der Waals surface area contributed by atoms with E-state index in [1.54, 1.807) is 62.1 Å². The molecule has 0 spiro atoms. The van der Waals surface area contributed by atoms with Gasteiger partial charge in [-0.1, -0.05) is 54.6 Å². The number of hydrogen-bond acceptors (Lipinski definition) is 5. The number of carbonyl (C=O) groups excluding carboxylic acids is 2.